The summed E-state index contributed by atoms with van der Waals surface area (Å²) >= 11 is 1.67. The molecular formula is C19H23N3O2S. The van der Waals surface area contributed by atoms with Gasteiger partial charge in [-0.15, -0.1) is 11.8 Å². The smallest absolute Gasteiger partial charge is 0.312 e. The molecule has 25 heavy (non-hydrogen) atoms. The monoisotopic (exact) mass is 357 g/mol. The van der Waals surface area contributed by atoms with E-state index < -0.39 is 12.1 Å². The van der Waals surface area contributed by atoms with Crippen molar-refractivity contribution in [1.29, 1.82) is 0 Å². The summed E-state index contributed by atoms with van der Waals surface area (Å²) in [5, 5.41) is 5.37. The van der Waals surface area contributed by atoms with Crippen molar-refractivity contribution >= 4 is 23.7 Å². The van der Waals surface area contributed by atoms with Gasteiger partial charge in [0.2, 0.25) is 5.91 Å². The van der Waals surface area contributed by atoms with Gasteiger partial charge >= 0.3 is 6.03 Å². The van der Waals surface area contributed by atoms with Gasteiger partial charge < -0.3 is 16.4 Å². The molecule has 6 heteroatoms. The topological polar surface area (TPSA) is 84.2 Å². The normalized spacial score (nSPS) is 11.6. The number of thioether (sulfide) groups is 1. The predicted molar refractivity (Wildman–Crippen MR) is 102 cm³/mol. The molecule has 0 fully saturated rings. The molecule has 0 radical (unpaired) electrons. The number of nitrogens with two attached hydrogens (primary N) is 1. The van der Waals surface area contributed by atoms with E-state index >= 15 is 0 Å². The summed E-state index contributed by atoms with van der Waals surface area (Å²) in [5.41, 5.74) is 7.38. The Labute approximate surface area is 152 Å². The molecule has 0 unspecified atom stereocenters. The van der Waals surface area contributed by atoms with Crippen molar-refractivity contribution in [2.45, 2.75) is 24.3 Å². The van der Waals surface area contributed by atoms with Crippen LogP contribution in [0.5, 0.6) is 0 Å². The van der Waals surface area contributed by atoms with E-state index in [9.17, 15) is 9.59 Å². The number of amides is 3. The third kappa shape index (κ3) is 6.89. The molecule has 0 aliphatic rings. The highest BCUT2D eigenvalue weighted by atomic mass is 32.2. The fourth-order valence-electron chi connectivity index (χ4n) is 2.33. The average Bonchev–Trinajstić information content (AvgIpc) is 2.60. The molecule has 4 N–H and O–H groups in total. The Morgan fingerprint density at radius 3 is 2.40 bits per heavy atom. The quantitative estimate of drug-likeness (QED) is 0.501. The standard InChI is InChI=1S/C19H23N3O2S/c1-14-7-9-16(10-8-14)25-12-11-21-18(23)17(22-19(20)24)13-15-5-3-2-4-6-15/h2-10,17H,11-13H2,1H3,(H,21,23)(H3,20,22,24)/t17-/m1/s1. The van der Waals surface area contributed by atoms with E-state index in [1.165, 1.54) is 5.56 Å². The van der Waals surface area contributed by atoms with Crippen LogP contribution in [0.25, 0.3) is 0 Å². The van der Waals surface area contributed by atoms with Gasteiger partial charge in [0.25, 0.3) is 0 Å². The minimum atomic E-state index is -0.704. The maximum absolute atomic E-state index is 12.3. The number of rotatable bonds is 8. The van der Waals surface area contributed by atoms with E-state index in [0.717, 1.165) is 16.2 Å². The van der Waals surface area contributed by atoms with Crippen LogP contribution in [0.4, 0.5) is 4.79 Å². The van der Waals surface area contributed by atoms with Crippen molar-refractivity contribution in [2.75, 3.05) is 12.3 Å². The summed E-state index contributed by atoms with van der Waals surface area (Å²) in [7, 11) is 0. The van der Waals surface area contributed by atoms with Crippen LogP contribution in [0.2, 0.25) is 0 Å². The first-order valence-electron chi connectivity index (χ1n) is 8.11. The third-order valence-electron chi connectivity index (χ3n) is 3.61. The second kappa shape index (κ2) is 9.74. The van der Waals surface area contributed by atoms with Gasteiger partial charge in [-0.25, -0.2) is 4.79 Å². The molecule has 0 spiro atoms. The molecule has 0 aliphatic heterocycles. The summed E-state index contributed by atoms with van der Waals surface area (Å²) in [6.07, 6.45) is 0.403. The highest BCUT2D eigenvalue weighted by Gasteiger charge is 2.19. The Hall–Kier alpha value is -2.47. The molecule has 0 saturated heterocycles. The maximum Gasteiger partial charge on any atom is 0.312 e. The Morgan fingerprint density at radius 1 is 1.08 bits per heavy atom. The molecule has 2 aromatic carbocycles. The Morgan fingerprint density at radius 2 is 1.76 bits per heavy atom. The van der Waals surface area contributed by atoms with E-state index in [4.69, 9.17) is 5.73 Å². The van der Waals surface area contributed by atoms with Crippen molar-refractivity contribution < 1.29 is 9.59 Å². The zero-order valence-corrected chi connectivity index (χ0v) is 15.0. The first-order chi connectivity index (χ1) is 12.0. The SMILES string of the molecule is Cc1ccc(SCCNC(=O)[C@@H](Cc2ccccc2)NC(N)=O)cc1. The second-order valence-electron chi connectivity index (χ2n) is 5.70. The van der Waals surface area contributed by atoms with E-state index in [1.54, 1.807) is 11.8 Å². The number of carbonyl (C=O) groups is 2. The van der Waals surface area contributed by atoms with Crippen molar-refractivity contribution in [1.82, 2.24) is 10.6 Å². The Bertz CT molecular complexity index is 690. The lowest BCUT2D eigenvalue weighted by Gasteiger charge is -2.17. The van der Waals surface area contributed by atoms with Gasteiger partial charge in [0.15, 0.2) is 0 Å². The number of hydrogen-bond donors (Lipinski definition) is 3. The van der Waals surface area contributed by atoms with E-state index in [1.807, 2.05) is 37.3 Å². The molecule has 0 bridgehead atoms. The lowest BCUT2D eigenvalue weighted by molar-refractivity contribution is -0.122. The number of nitrogens with one attached hydrogen (secondary N) is 2. The fraction of sp³-hybridized carbons (Fsp3) is 0.263. The average molecular weight is 357 g/mol. The number of carbonyl (C=O) groups excluding carboxylic acids is 2. The number of aryl methyl sites for hydroxylation is 1. The van der Waals surface area contributed by atoms with Gasteiger partial charge in [-0.2, -0.15) is 0 Å². The predicted octanol–water partition coefficient (Wildman–Crippen LogP) is 2.48. The van der Waals surface area contributed by atoms with Crippen LogP contribution in [0.3, 0.4) is 0 Å². The molecule has 0 saturated carbocycles. The van der Waals surface area contributed by atoms with Crippen molar-refractivity contribution in [3.05, 3.63) is 65.7 Å². The molecular weight excluding hydrogens is 334 g/mol. The summed E-state index contributed by atoms with van der Waals surface area (Å²) in [5.74, 6) is 0.524. The third-order valence-corrected chi connectivity index (χ3v) is 4.62. The first kappa shape index (κ1) is 18.9. The number of hydrogen-bond acceptors (Lipinski definition) is 3. The first-order valence-corrected chi connectivity index (χ1v) is 9.10. The van der Waals surface area contributed by atoms with Crippen LogP contribution < -0.4 is 16.4 Å². The molecule has 2 aromatic rings. The summed E-state index contributed by atoms with van der Waals surface area (Å²) < 4.78 is 0. The van der Waals surface area contributed by atoms with Gasteiger partial charge in [0, 0.05) is 23.6 Å². The van der Waals surface area contributed by atoms with Crippen LogP contribution in [-0.4, -0.2) is 30.3 Å². The molecule has 1 atom stereocenters. The largest absolute Gasteiger partial charge is 0.353 e. The van der Waals surface area contributed by atoms with Crippen molar-refractivity contribution in [2.24, 2.45) is 5.73 Å². The number of primary amides is 1. The minimum Gasteiger partial charge on any atom is -0.353 e. The fourth-order valence-corrected chi connectivity index (χ4v) is 3.10. The van der Waals surface area contributed by atoms with Crippen LogP contribution in [0, 0.1) is 6.92 Å². The molecule has 0 aliphatic carbocycles. The zero-order chi connectivity index (χ0) is 18.1. The molecule has 2 rings (SSSR count). The van der Waals surface area contributed by atoms with Gasteiger partial charge in [-0.3, -0.25) is 4.79 Å². The van der Waals surface area contributed by atoms with Crippen LogP contribution in [0.15, 0.2) is 59.5 Å². The molecule has 132 valence electrons. The Kier molecular flexibility index (Phi) is 7.35. The number of urea groups is 1. The highest BCUT2D eigenvalue weighted by Crippen LogP contribution is 2.17. The summed E-state index contributed by atoms with van der Waals surface area (Å²) in [6, 6.07) is 16.4. The van der Waals surface area contributed by atoms with Gasteiger partial charge in [-0.1, -0.05) is 48.0 Å². The highest BCUT2D eigenvalue weighted by molar-refractivity contribution is 7.99. The van der Waals surface area contributed by atoms with E-state index in [2.05, 4.69) is 34.9 Å². The van der Waals surface area contributed by atoms with Gasteiger partial charge in [-0.05, 0) is 24.6 Å². The van der Waals surface area contributed by atoms with Crippen LogP contribution in [0.1, 0.15) is 11.1 Å². The molecule has 0 heterocycles. The maximum atomic E-state index is 12.3. The van der Waals surface area contributed by atoms with Crippen LogP contribution in [-0.2, 0) is 11.2 Å². The van der Waals surface area contributed by atoms with E-state index in [0.29, 0.717) is 13.0 Å². The van der Waals surface area contributed by atoms with E-state index in [-0.39, 0.29) is 5.91 Å². The lowest BCUT2D eigenvalue weighted by atomic mass is 10.1. The van der Waals surface area contributed by atoms with Crippen molar-refractivity contribution in [3.63, 3.8) is 0 Å². The van der Waals surface area contributed by atoms with Crippen LogP contribution >= 0.6 is 11.8 Å². The Balaban J connectivity index is 1.82. The van der Waals surface area contributed by atoms with Crippen molar-refractivity contribution in [3.8, 4) is 0 Å². The number of benzene rings is 2. The second-order valence-corrected chi connectivity index (χ2v) is 6.87. The van der Waals surface area contributed by atoms with Gasteiger partial charge in [0.1, 0.15) is 6.04 Å². The summed E-state index contributed by atoms with van der Waals surface area (Å²) in [6.45, 7) is 2.57. The molecule has 5 nitrogen and oxygen atoms in total. The summed E-state index contributed by atoms with van der Waals surface area (Å²) in [4.78, 5) is 24.7. The molecule has 0 aromatic heterocycles. The minimum absolute atomic E-state index is 0.229. The zero-order valence-electron chi connectivity index (χ0n) is 14.2. The lowest BCUT2D eigenvalue weighted by Crippen LogP contribution is -2.50. The molecule has 3 amide bonds. The van der Waals surface area contributed by atoms with Gasteiger partial charge in [0.05, 0.1) is 0 Å².